The van der Waals surface area contributed by atoms with E-state index in [0.717, 1.165) is 30.3 Å². The fourth-order valence-electron chi connectivity index (χ4n) is 1.96. The van der Waals surface area contributed by atoms with Crippen molar-refractivity contribution in [2.24, 2.45) is 5.92 Å². The Morgan fingerprint density at radius 1 is 1.19 bits per heavy atom. The quantitative estimate of drug-likeness (QED) is 0.718. The number of rotatable bonds is 2. The molecule has 1 saturated carbocycles. The Hall–Kier alpha value is -1.77. The molecule has 16 heavy (non-hydrogen) atoms. The van der Waals surface area contributed by atoms with Gasteiger partial charge in [-0.3, -0.25) is 9.78 Å². The van der Waals surface area contributed by atoms with E-state index in [2.05, 4.69) is 9.97 Å². The molecule has 0 radical (unpaired) electrons. The van der Waals surface area contributed by atoms with Crippen molar-refractivity contribution < 1.29 is 4.79 Å². The highest BCUT2D eigenvalue weighted by Gasteiger charge is 2.27. The molecule has 0 aliphatic heterocycles. The fraction of sp³-hybridized carbons (Fsp3) is 0.308. The molecule has 0 unspecified atom stereocenters. The number of hydrogen-bond donors (Lipinski definition) is 0. The molecular formula is C13H12N2O. The first-order valence-corrected chi connectivity index (χ1v) is 5.60. The molecule has 1 aromatic heterocycles. The second kappa shape index (κ2) is 3.67. The number of fused-ring (bicyclic) bond motifs is 1. The monoisotopic (exact) mass is 212 g/mol. The van der Waals surface area contributed by atoms with Crippen molar-refractivity contribution in [3.05, 3.63) is 36.2 Å². The lowest BCUT2D eigenvalue weighted by Crippen LogP contribution is -2.23. The molecule has 0 amide bonds. The normalized spacial score (nSPS) is 16.0. The number of carbonyl (C=O) groups is 1. The van der Waals surface area contributed by atoms with Crippen molar-refractivity contribution in [3.63, 3.8) is 0 Å². The van der Waals surface area contributed by atoms with Gasteiger partial charge in [-0.05, 0) is 25.0 Å². The SMILES string of the molecule is O=C(c1cnc2ccccc2n1)C1CCC1. The van der Waals surface area contributed by atoms with E-state index in [9.17, 15) is 4.79 Å². The van der Waals surface area contributed by atoms with Crippen LogP contribution in [0.25, 0.3) is 11.0 Å². The molecule has 0 bridgehead atoms. The van der Waals surface area contributed by atoms with Crippen LogP contribution >= 0.6 is 0 Å². The lowest BCUT2D eigenvalue weighted by atomic mass is 9.81. The molecule has 1 heterocycles. The maximum atomic E-state index is 12.0. The van der Waals surface area contributed by atoms with Gasteiger partial charge in [0.15, 0.2) is 5.78 Å². The number of Topliss-reactive ketones (excluding diaryl/α,β-unsaturated/α-hetero) is 1. The van der Waals surface area contributed by atoms with E-state index in [4.69, 9.17) is 0 Å². The summed E-state index contributed by atoms with van der Waals surface area (Å²) in [4.78, 5) is 20.6. The molecule has 2 aromatic rings. The number of carbonyl (C=O) groups excluding carboxylic acids is 1. The van der Waals surface area contributed by atoms with Gasteiger partial charge in [-0.1, -0.05) is 18.6 Å². The number of para-hydroxylation sites is 2. The Kier molecular flexibility index (Phi) is 2.17. The zero-order valence-electron chi connectivity index (χ0n) is 8.89. The highest BCUT2D eigenvalue weighted by molar-refractivity contribution is 5.97. The Morgan fingerprint density at radius 3 is 2.62 bits per heavy atom. The van der Waals surface area contributed by atoms with Crippen LogP contribution in [0.3, 0.4) is 0 Å². The van der Waals surface area contributed by atoms with Crippen molar-refractivity contribution in [1.82, 2.24) is 9.97 Å². The minimum Gasteiger partial charge on any atom is -0.292 e. The first-order chi connectivity index (χ1) is 7.84. The van der Waals surface area contributed by atoms with Gasteiger partial charge in [0.25, 0.3) is 0 Å². The number of benzene rings is 1. The van der Waals surface area contributed by atoms with Crippen LogP contribution in [0, 0.1) is 5.92 Å². The van der Waals surface area contributed by atoms with Crippen LogP contribution in [-0.2, 0) is 0 Å². The van der Waals surface area contributed by atoms with Crippen LogP contribution in [0.1, 0.15) is 29.8 Å². The summed E-state index contributed by atoms with van der Waals surface area (Å²) in [6.07, 6.45) is 4.78. The van der Waals surface area contributed by atoms with Crippen LogP contribution in [0.5, 0.6) is 0 Å². The van der Waals surface area contributed by atoms with Crippen LogP contribution in [0.2, 0.25) is 0 Å². The van der Waals surface area contributed by atoms with Gasteiger partial charge in [0.2, 0.25) is 0 Å². The fourth-order valence-corrected chi connectivity index (χ4v) is 1.96. The van der Waals surface area contributed by atoms with Gasteiger partial charge in [0, 0.05) is 5.92 Å². The third kappa shape index (κ3) is 1.48. The van der Waals surface area contributed by atoms with E-state index < -0.39 is 0 Å². The zero-order valence-corrected chi connectivity index (χ0v) is 8.89. The van der Waals surface area contributed by atoms with Gasteiger partial charge >= 0.3 is 0 Å². The molecule has 0 spiro atoms. The Morgan fingerprint density at radius 2 is 1.94 bits per heavy atom. The van der Waals surface area contributed by atoms with Crippen molar-refractivity contribution in [2.45, 2.75) is 19.3 Å². The molecule has 0 saturated heterocycles. The van der Waals surface area contributed by atoms with Crippen LogP contribution in [0.15, 0.2) is 30.5 Å². The van der Waals surface area contributed by atoms with Crippen molar-refractivity contribution >= 4 is 16.8 Å². The van der Waals surface area contributed by atoms with E-state index in [-0.39, 0.29) is 11.7 Å². The summed E-state index contributed by atoms with van der Waals surface area (Å²) < 4.78 is 0. The average Bonchev–Trinajstić information content (AvgIpc) is 2.26. The average molecular weight is 212 g/mol. The molecule has 0 atom stereocenters. The third-order valence-corrected chi connectivity index (χ3v) is 3.18. The second-order valence-corrected chi connectivity index (χ2v) is 4.24. The molecule has 1 aromatic carbocycles. The zero-order chi connectivity index (χ0) is 11.0. The second-order valence-electron chi connectivity index (χ2n) is 4.24. The maximum absolute atomic E-state index is 12.0. The van der Waals surface area contributed by atoms with Gasteiger partial charge in [0.1, 0.15) is 5.69 Å². The molecule has 3 nitrogen and oxygen atoms in total. The summed E-state index contributed by atoms with van der Waals surface area (Å²) >= 11 is 0. The van der Waals surface area contributed by atoms with E-state index in [1.807, 2.05) is 24.3 Å². The molecule has 3 heteroatoms. The predicted octanol–water partition coefficient (Wildman–Crippen LogP) is 2.61. The van der Waals surface area contributed by atoms with Crippen LogP contribution < -0.4 is 0 Å². The molecule has 0 N–H and O–H groups in total. The van der Waals surface area contributed by atoms with Gasteiger partial charge in [0.05, 0.1) is 17.2 Å². The van der Waals surface area contributed by atoms with Crippen LogP contribution in [-0.4, -0.2) is 15.8 Å². The lowest BCUT2D eigenvalue weighted by Gasteiger charge is -2.23. The number of nitrogens with zero attached hydrogens (tertiary/aromatic N) is 2. The number of ketones is 1. The molecule has 80 valence electrons. The summed E-state index contributed by atoms with van der Waals surface area (Å²) in [5.41, 5.74) is 2.16. The Labute approximate surface area is 93.5 Å². The lowest BCUT2D eigenvalue weighted by molar-refractivity contribution is 0.0850. The largest absolute Gasteiger partial charge is 0.292 e. The van der Waals surface area contributed by atoms with Crippen molar-refractivity contribution in [3.8, 4) is 0 Å². The highest BCUT2D eigenvalue weighted by Crippen LogP contribution is 2.29. The van der Waals surface area contributed by atoms with Crippen molar-refractivity contribution in [2.75, 3.05) is 0 Å². The summed E-state index contributed by atoms with van der Waals surface area (Å²) in [6.45, 7) is 0. The summed E-state index contributed by atoms with van der Waals surface area (Å²) in [6, 6.07) is 7.62. The van der Waals surface area contributed by atoms with Crippen molar-refractivity contribution in [1.29, 1.82) is 0 Å². The summed E-state index contributed by atoms with van der Waals surface area (Å²) in [7, 11) is 0. The van der Waals surface area contributed by atoms with Gasteiger partial charge < -0.3 is 0 Å². The Balaban J connectivity index is 2.01. The standard InChI is InChI=1S/C13H12N2O/c16-13(9-4-3-5-9)12-8-14-10-6-1-2-7-11(10)15-12/h1-2,6-9H,3-5H2. The molecule has 3 rings (SSSR count). The first kappa shape index (κ1) is 9.46. The van der Waals surface area contributed by atoms with Gasteiger partial charge in [-0.15, -0.1) is 0 Å². The molecule has 1 fully saturated rings. The summed E-state index contributed by atoms with van der Waals surface area (Å²) in [5, 5.41) is 0. The minimum absolute atomic E-state index is 0.157. The van der Waals surface area contributed by atoms with Crippen LogP contribution in [0.4, 0.5) is 0 Å². The van der Waals surface area contributed by atoms with E-state index in [1.54, 1.807) is 6.20 Å². The van der Waals surface area contributed by atoms with E-state index in [1.165, 1.54) is 0 Å². The summed E-state index contributed by atoms with van der Waals surface area (Å²) in [5.74, 6) is 0.347. The number of aromatic nitrogens is 2. The minimum atomic E-state index is 0.157. The predicted molar refractivity (Wildman–Crippen MR) is 61.2 cm³/mol. The molecule has 1 aliphatic carbocycles. The van der Waals surface area contributed by atoms with Gasteiger partial charge in [-0.25, -0.2) is 4.98 Å². The topological polar surface area (TPSA) is 42.9 Å². The first-order valence-electron chi connectivity index (χ1n) is 5.60. The van der Waals surface area contributed by atoms with E-state index in [0.29, 0.717) is 5.69 Å². The van der Waals surface area contributed by atoms with E-state index >= 15 is 0 Å². The maximum Gasteiger partial charge on any atom is 0.185 e. The molecular weight excluding hydrogens is 200 g/mol. The number of hydrogen-bond acceptors (Lipinski definition) is 3. The third-order valence-electron chi connectivity index (χ3n) is 3.18. The highest BCUT2D eigenvalue weighted by atomic mass is 16.1. The molecule has 1 aliphatic rings. The Bertz CT molecular complexity index is 546. The smallest absolute Gasteiger partial charge is 0.185 e. The van der Waals surface area contributed by atoms with Gasteiger partial charge in [-0.2, -0.15) is 0 Å².